The fourth-order valence-corrected chi connectivity index (χ4v) is 1.35. The lowest BCUT2D eigenvalue weighted by molar-refractivity contribution is -0.131. The van der Waals surface area contributed by atoms with Gasteiger partial charge in [-0.15, -0.1) is 0 Å². The number of carbonyl (C=O) groups is 2. The van der Waals surface area contributed by atoms with Gasteiger partial charge in [0.1, 0.15) is 0 Å². The molecule has 0 aliphatic carbocycles. The van der Waals surface area contributed by atoms with Crippen LogP contribution in [0.25, 0.3) is 0 Å². The summed E-state index contributed by atoms with van der Waals surface area (Å²) in [6, 6.07) is -0.107. The third-order valence-electron chi connectivity index (χ3n) is 2.29. The van der Waals surface area contributed by atoms with Gasteiger partial charge in [0.25, 0.3) is 0 Å². The molecule has 0 spiro atoms. The summed E-state index contributed by atoms with van der Waals surface area (Å²) >= 11 is 0. The lowest BCUT2D eigenvalue weighted by Crippen LogP contribution is -2.44. The molecule has 1 aliphatic heterocycles. The highest BCUT2D eigenvalue weighted by atomic mass is 16.2. The zero-order chi connectivity index (χ0) is 10.6. The molecule has 1 atom stereocenters. The first-order valence-electron chi connectivity index (χ1n) is 4.82. The Kier molecular flexibility index (Phi) is 3.88. The maximum Gasteiger partial charge on any atom is 0.241 e. The predicted molar refractivity (Wildman–Crippen MR) is 52.7 cm³/mol. The summed E-state index contributed by atoms with van der Waals surface area (Å²) in [6.07, 6.45) is 1.89. The summed E-state index contributed by atoms with van der Waals surface area (Å²) in [5.41, 5.74) is 0. The van der Waals surface area contributed by atoms with Crippen molar-refractivity contribution in [3.05, 3.63) is 0 Å². The van der Waals surface area contributed by atoms with E-state index in [4.69, 9.17) is 0 Å². The molecule has 5 nitrogen and oxygen atoms in total. The number of likely N-dealkylation sites (N-methyl/N-ethyl adjacent to an activating group) is 1. The molecule has 0 saturated carbocycles. The van der Waals surface area contributed by atoms with Gasteiger partial charge in [0.05, 0.1) is 12.6 Å². The Balaban J connectivity index is 2.23. The van der Waals surface area contributed by atoms with E-state index in [1.165, 1.54) is 4.90 Å². The molecule has 14 heavy (non-hydrogen) atoms. The van der Waals surface area contributed by atoms with Crippen molar-refractivity contribution in [2.24, 2.45) is 0 Å². The topological polar surface area (TPSA) is 61.4 Å². The minimum absolute atomic E-state index is 0.0716. The molecule has 0 aromatic rings. The summed E-state index contributed by atoms with van der Waals surface area (Å²) in [7, 11) is 3.34. The minimum atomic E-state index is -0.107. The fourth-order valence-electron chi connectivity index (χ4n) is 1.35. The Morgan fingerprint density at radius 1 is 1.50 bits per heavy atom. The number of nitrogens with one attached hydrogen (secondary N) is 2. The van der Waals surface area contributed by atoms with Crippen molar-refractivity contribution in [2.45, 2.75) is 18.9 Å². The van der Waals surface area contributed by atoms with Crippen LogP contribution >= 0.6 is 0 Å². The second-order valence-corrected chi connectivity index (χ2v) is 3.65. The van der Waals surface area contributed by atoms with E-state index in [1.807, 2.05) is 0 Å². The van der Waals surface area contributed by atoms with Crippen molar-refractivity contribution in [1.82, 2.24) is 15.5 Å². The molecule has 1 heterocycles. The number of rotatable bonds is 3. The molecule has 0 radical (unpaired) electrons. The van der Waals surface area contributed by atoms with Crippen LogP contribution in [0.1, 0.15) is 12.8 Å². The summed E-state index contributed by atoms with van der Waals surface area (Å²) in [5.74, 6) is -0.158. The second kappa shape index (κ2) is 4.95. The number of carbonyl (C=O) groups excluding carboxylic acids is 2. The lowest BCUT2D eigenvalue weighted by atomic mass is 10.2. The SMILES string of the molecule is CN(C)C(=O)CNC(=O)C1CCCN1. The van der Waals surface area contributed by atoms with E-state index < -0.39 is 0 Å². The maximum atomic E-state index is 11.4. The molecular weight excluding hydrogens is 182 g/mol. The van der Waals surface area contributed by atoms with Crippen LogP contribution in [0.3, 0.4) is 0 Å². The molecule has 0 aromatic heterocycles. The fraction of sp³-hybridized carbons (Fsp3) is 0.778. The average Bonchev–Trinajstić information content (AvgIpc) is 2.66. The van der Waals surface area contributed by atoms with Crippen LogP contribution < -0.4 is 10.6 Å². The van der Waals surface area contributed by atoms with E-state index in [9.17, 15) is 9.59 Å². The first-order chi connectivity index (χ1) is 6.61. The molecule has 0 bridgehead atoms. The Bertz CT molecular complexity index is 222. The number of hydrogen-bond donors (Lipinski definition) is 2. The third kappa shape index (κ3) is 2.99. The van der Waals surface area contributed by atoms with Crippen molar-refractivity contribution in [2.75, 3.05) is 27.2 Å². The van der Waals surface area contributed by atoms with Crippen molar-refractivity contribution in [3.8, 4) is 0 Å². The second-order valence-electron chi connectivity index (χ2n) is 3.65. The van der Waals surface area contributed by atoms with Crippen molar-refractivity contribution >= 4 is 11.8 Å². The molecule has 5 heteroatoms. The van der Waals surface area contributed by atoms with Gasteiger partial charge in [-0.1, -0.05) is 0 Å². The zero-order valence-electron chi connectivity index (χ0n) is 8.67. The quantitative estimate of drug-likeness (QED) is 0.609. The Labute approximate surface area is 83.8 Å². The average molecular weight is 199 g/mol. The van der Waals surface area contributed by atoms with Crippen molar-refractivity contribution < 1.29 is 9.59 Å². The van der Waals surface area contributed by atoms with Gasteiger partial charge in [-0.05, 0) is 19.4 Å². The van der Waals surface area contributed by atoms with E-state index in [1.54, 1.807) is 14.1 Å². The van der Waals surface area contributed by atoms with E-state index in [-0.39, 0.29) is 24.4 Å². The normalized spacial score (nSPS) is 20.6. The predicted octanol–water partition coefficient (Wildman–Crippen LogP) is -1.06. The van der Waals surface area contributed by atoms with Crippen LogP contribution in [0.5, 0.6) is 0 Å². The van der Waals surface area contributed by atoms with E-state index >= 15 is 0 Å². The van der Waals surface area contributed by atoms with Crippen LogP contribution in [0.4, 0.5) is 0 Å². The van der Waals surface area contributed by atoms with Gasteiger partial charge in [-0.2, -0.15) is 0 Å². The van der Waals surface area contributed by atoms with Crippen molar-refractivity contribution in [3.63, 3.8) is 0 Å². The highest BCUT2D eigenvalue weighted by Gasteiger charge is 2.22. The maximum absolute atomic E-state index is 11.4. The van der Waals surface area contributed by atoms with Crippen molar-refractivity contribution in [1.29, 1.82) is 0 Å². The van der Waals surface area contributed by atoms with E-state index in [0.29, 0.717) is 0 Å². The van der Waals surface area contributed by atoms with Crippen LogP contribution in [-0.2, 0) is 9.59 Å². The minimum Gasteiger partial charge on any atom is -0.347 e. The van der Waals surface area contributed by atoms with E-state index in [0.717, 1.165) is 19.4 Å². The smallest absolute Gasteiger partial charge is 0.241 e. The van der Waals surface area contributed by atoms with Gasteiger partial charge in [0.15, 0.2) is 0 Å². The third-order valence-corrected chi connectivity index (χ3v) is 2.29. The number of hydrogen-bond acceptors (Lipinski definition) is 3. The highest BCUT2D eigenvalue weighted by Crippen LogP contribution is 2.03. The molecule has 2 amide bonds. The van der Waals surface area contributed by atoms with Gasteiger partial charge in [-0.25, -0.2) is 0 Å². The highest BCUT2D eigenvalue weighted by molar-refractivity contribution is 5.87. The first-order valence-corrected chi connectivity index (χ1v) is 4.82. The standard InChI is InChI=1S/C9H17N3O2/c1-12(2)8(13)6-11-9(14)7-4-3-5-10-7/h7,10H,3-6H2,1-2H3,(H,11,14). The molecule has 1 saturated heterocycles. The van der Waals surface area contributed by atoms with Crippen LogP contribution in [0.15, 0.2) is 0 Å². The van der Waals surface area contributed by atoms with Crippen LogP contribution in [0.2, 0.25) is 0 Å². The summed E-state index contributed by atoms with van der Waals surface area (Å²) in [5, 5.41) is 5.69. The molecule has 1 unspecified atom stereocenters. The van der Waals surface area contributed by atoms with Gasteiger partial charge in [0.2, 0.25) is 11.8 Å². The molecule has 2 N–H and O–H groups in total. The summed E-state index contributed by atoms with van der Waals surface area (Å²) < 4.78 is 0. The molecular formula is C9H17N3O2. The van der Waals surface area contributed by atoms with Crippen LogP contribution in [0, 0.1) is 0 Å². The summed E-state index contributed by atoms with van der Waals surface area (Å²) in [4.78, 5) is 24.0. The molecule has 80 valence electrons. The lowest BCUT2D eigenvalue weighted by Gasteiger charge is -2.13. The molecule has 1 aliphatic rings. The summed E-state index contributed by atoms with van der Waals surface area (Å²) in [6.45, 7) is 0.976. The van der Waals surface area contributed by atoms with Crippen LogP contribution in [-0.4, -0.2) is 49.9 Å². The van der Waals surface area contributed by atoms with Gasteiger partial charge in [0, 0.05) is 14.1 Å². The molecule has 1 rings (SSSR count). The number of nitrogens with zero attached hydrogens (tertiary/aromatic N) is 1. The zero-order valence-corrected chi connectivity index (χ0v) is 8.67. The largest absolute Gasteiger partial charge is 0.347 e. The van der Waals surface area contributed by atoms with E-state index in [2.05, 4.69) is 10.6 Å². The Hall–Kier alpha value is -1.10. The number of amides is 2. The Morgan fingerprint density at radius 2 is 2.21 bits per heavy atom. The van der Waals surface area contributed by atoms with Gasteiger partial charge < -0.3 is 15.5 Å². The molecule has 0 aromatic carbocycles. The Morgan fingerprint density at radius 3 is 2.71 bits per heavy atom. The molecule has 1 fully saturated rings. The van der Waals surface area contributed by atoms with Gasteiger partial charge >= 0.3 is 0 Å². The van der Waals surface area contributed by atoms with Gasteiger partial charge in [-0.3, -0.25) is 9.59 Å². The first kappa shape index (κ1) is 11.0. The monoisotopic (exact) mass is 199 g/mol.